The molecule has 0 aromatic heterocycles. The van der Waals surface area contributed by atoms with Crippen LogP contribution < -0.4 is 0 Å². The minimum Gasteiger partial charge on any atom is -0.203 e. The molecule has 0 aliphatic carbocycles. The second kappa shape index (κ2) is 11.3. The predicted octanol–water partition coefficient (Wildman–Crippen LogP) is 9.36. The van der Waals surface area contributed by atoms with Crippen molar-refractivity contribution in [1.29, 1.82) is 0 Å². The topological polar surface area (TPSA) is 0 Å². The Morgan fingerprint density at radius 3 is 0.587 bits per heavy atom. The molecule has 0 fully saturated rings. The van der Waals surface area contributed by atoms with Crippen molar-refractivity contribution in [1.82, 2.24) is 0 Å². The van der Waals surface area contributed by atoms with Gasteiger partial charge in [-0.2, -0.15) is 0 Å². The van der Waals surface area contributed by atoms with Crippen molar-refractivity contribution >= 4 is 6.08 Å². The van der Waals surface area contributed by atoms with Crippen LogP contribution in [0.3, 0.4) is 0 Å². The number of hydrogen-bond donors (Lipinski definition) is 0. The fourth-order valence-electron chi connectivity index (χ4n) is 4.71. The van der Waals surface area contributed by atoms with E-state index in [1.54, 1.807) is 0 Å². The molecule has 0 bridgehead atoms. The van der Waals surface area contributed by atoms with Crippen molar-refractivity contribution in [3.05, 3.63) is 145 Å². The van der Waals surface area contributed by atoms with Crippen molar-refractivity contribution in [3.8, 4) is 0 Å². The van der Waals surface area contributed by atoms with Crippen LogP contribution >= 0.6 is 0 Å². The third-order valence-corrected chi connectivity index (χ3v) is 6.63. The number of rotatable bonds is 5. The van der Waals surface area contributed by atoms with E-state index in [9.17, 15) is 39.5 Å². The van der Waals surface area contributed by atoms with Gasteiger partial charge in [-0.05, 0) is 0 Å². The maximum atomic E-state index is 15.7. The monoisotopic (exact) mass is 688 g/mol. The molecule has 0 spiro atoms. The molecule has 4 aromatic rings. The normalized spacial score (nSPS) is 11.9. The minimum absolute atomic E-state index is 0.114. The lowest BCUT2D eigenvalue weighted by Gasteiger charge is -2.38. The van der Waals surface area contributed by atoms with E-state index in [0.29, 0.717) is 0 Å². The largest absolute Gasteiger partial charge is 0.203 e. The maximum Gasteiger partial charge on any atom is 0.200 e. The van der Waals surface area contributed by atoms with Crippen molar-refractivity contribution in [2.45, 2.75) is 5.41 Å². The van der Waals surface area contributed by atoms with E-state index >= 15 is 43.9 Å². The molecular weight excluding hydrogens is 685 g/mol. The van der Waals surface area contributed by atoms with E-state index in [1.807, 2.05) is 0 Å². The molecule has 0 saturated carbocycles. The van der Waals surface area contributed by atoms with Crippen LogP contribution in [0.4, 0.5) is 83.4 Å². The van der Waals surface area contributed by atoms with Crippen LogP contribution in [-0.2, 0) is 5.41 Å². The second-order valence-corrected chi connectivity index (χ2v) is 8.83. The molecule has 0 unspecified atom stereocenters. The van der Waals surface area contributed by atoms with Crippen molar-refractivity contribution in [2.24, 2.45) is 0 Å². The summed E-state index contributed by atoms with van der Waals surface area (Å²) < 4.78 is 283. The number of halogens is 19. The minimum atomic E-state index is -5.97. The zero-order chi connectivity index (χ0) is 35.1. The fraction of sp³-hybridized carbons (Fsp3) is 0.0370. The molecule has 0 amide bonds. The Balaban J connectivity index is 2.70. The van der Waals surface area contributed by atoms with Crippen LogP contribution in [0.25, 0.3) is 6.08 Å². The van der Waals surface area contributed by atoms with Gasteiger partial charge in [0, 0.05) is 22.3 Å². The van der Waals surface area contributed by atoms with Crippen LogP contribution in [0.1, 0.15) is 27.8 Å². The first-order chi connectivity index (χ1) is 21.2. The molecule has 0 radical (unpaired) electrons. The van der Waals surface area contributed by atoms with E-state index in [0.717, 1.165) is 0 Å². The highest BCUT2D eigenvalue weighted by atomic mass is 19.2. The van der Waals surface area contributed by atoms with E-state index in [2.05, 4.69) is 6.58 Å². The summed E-state index contributed by atoms with van der Waals surface area (Å²) in [5.74, 6) is -65.7. The predicted molar refractivity (Wildman–Crippen MR) is 114 cm³/mol. The molecule has 0 aliphatic rings. The van der Waals surface area contributed by atoms with Gasteiger partial charge in [0.25, 0.3) is 0 Å². The summed E-state index contributed by atoms with van der Waals surface area (Å²) in [6.07, 6.45) is -0.114. The van der Waals surface area contributed by atoms with Gasteiger partial charge in [0.15, 0.2) is 93.1 Å². The Hall–Kier alpha value is -4.71. The zero-order valence-electron chi connectivity index (χ0n) is 21.0. The van der Waals surface area contributed by atoms with Crippen molar-refractivity contribution in [3.63, 3.8) is 0 Å². The Morgan fingerprint density at radius 1 is 0.261 bits per heavy atom. The van der Waals surface area contributed by atoms with Crippen LogP contribution in [0.15, 0.2) is 6.58 Å². The lowest BCUT2D eigenvalue weighted by atomic mass is 9.63. The molecule has 0 aliphatic heterocycles. The smallest absolute Gasteiger partial charge is 0.200 e. The lowest BCUT2D eigenvalue weighted by molar-refractivity contribution is 0.321. The highest BCUT2D eigenvalue weighted by Crippen LogP contribution is 2.54. The van der Waals surface area contributed by atoms with Crippen LogP contribution in [0.5, 0.6) is 0 Å². The van der Waals surface area contributed by atoms with Gasteiger partial charge < -0.3 is 0 Å². The van der Waals surface area contributed by atoms with E-state index < -0.39 is 144 Å². The molecule has 0 nitrogen and oxygen atoms in total. The molecule has 4 rings (SSSR count). The van der Waals surface area contributed by atoms with Gasteiger partial charge >= 0.3 is 0 Å². The summed E-state index contributed by atoms with van der Waals surface area (Å²) in [6, 6.07) is 0. The molecular formula is C27H3F19. The SMILES string of the molecule is C=Cc1c(F)c(F)c(C(c2c(F)c(F)c(F)c(F)c2F)(c2c(F)c(F)c(F)c(F)c2F)c2c(F)c(F)c(F)c(F)c2F)c(F)c1F. The van der Waals surface area contributed by atoms with Crippen molar-refractivity contribution < 1.29 is 83.4 Å². The van der Waals surface area contributed by atoms with Gasteiger partial charge in [-0.3, -0.25) is 0 Å². The lowest BCUT2D eigenvalue weighted by Crippen LogP contribution is -2.42. The molecule has 0 atom stereocenters. The quantitative estimate of drug-likeness (QED) is 0.0849. The molecule has 244 valence electrons. The van der Waals surface area contributed by atoms with Gasteiger partial charge in [-0.15, -0.1) is 0 Å². The molecule has 0 saturated heterocycles. The summed E-state index contributed by atoms with van der Waals surface area (Å²) >= 11 is 0. The summed E-state index contributed by atoms with van der Waals surface area (Å²) in [5.41, 5.74) is -22.0. The average Bonchev–Trinajstić information content (AvgIpc) is 3.02. The summed E-state index contributed by atoms with van der Waals surface area (Å²) in [6.45, 7) is 2.69. The summed E-state index contributed by atoms with van der Waals surface area (Å²) in [7, 11) is 0. The first-order valence-corrected chi connectivity index (χ1v) is 11.3. The van der Waals surface area contributed by atoms with E-state index in [-0.39, 0.29) is 6.08 Å². The average molecular weight is 688 g/mol. The van der Waals surface area contributed by atoms with Gasteiger partial charge in [0.2, 0.25) is 17.5 Å². The maximum absolute atomic E-state index is 15.7. The third kappa shape index (κ3) is 4.19. The van der Waals surface area contributed by atoms with Gasteiger partial charge in [0.1, 0.15) is 0 Å². The zero-order valence-corrected chi connectivity index (χ0v) is 21.0. The second-order valence-electron chi connectivity index (χ2n) is 8.83. The number of hydrogen-bond acceptors (Lipinski definition) is 0. The third-order valence-electron chi connectivity index (χ3n) is 6.63. The van der Waals surface area contributed by atoms with E-state index in [4.69, 9.17) is 0 Å². The Bertz CT molecular complexity index is 1730. The van der Waals surface area contributed by atoms with Gasteiger partial charge in [-0.1, -0.05) is 12.7 Å². The molecule has 0 N–H and O–H groups in total. The molecule has 46 heavy (non-hydrogen) atoms. The first kappa shape index (κ1) is 34.2. The number of benzene rings is 4. The fourth-order valence-corrected chi connectivity index (χ4v) is 4.71. The molecule has 19 heteroatoms. The first-order valence-electron chi connectivity index (χ1n) is 11.3. The molecule has 4 aromatic carbocycles. The Morgan fingerprint density at radius 2 is 0.413 bits per heavy atom. The van der Waals surface area contributed by atoms with E-state index in [1.165, 1.54) is 0 Å². The molecule has 0 heterocycles. The van der Waals surface area contributed by atoms with Crippen LogP contribution in [0, 0.1) is 111 Å². The highest BCUT2D eigenvalue weighted by molar-refractivity contribution is 5.65. The van der Waals surface area contributed by atoms with Crippen LogP contribution in [-0.4, -0.2) is 0 Å². The Kier molecular flexibility index (Phi) is 8.37. The van der Waals surface area contributed by atoms with Gasteiger partial charge in [0.05, 0.1) is 11.0 Å². The van der Waals surface area contributed by atoms with Gasteiger partial charge in [-0.25, -0.2) is 83.4 Å². The van der Waals surface area contributed by atoms with Crippen LogP contribution in [0.2, 0.25) is 0 Å². The van der Waals surface area contributed by atoms with Crippen molar-refractivity contribution in [2.75, 3.05) is 0 Å². The summed E-state index contributed by atoms with van der Waals surface area (Å²) in [5, 5.41) is 0. The summed E-state index contributed by atoms with van der Waals surface area (Å²) in [4.78, 5) is 0. The highest BCUT2D eigenvalue weighted by Gasteiger charge is 2.58. The standard InChI is InChI=1S/C27H3F19/c1-2-3-8(28)10(30)4(11(31)9(3)29)27(5-12(32)18(38)24(44)19(39)13(5)33,6-14(34)20(40)25(45)21(41)15(6)35)7-16(36)22(42)26(46)23(43)17(7)37/h2H,1H2. The Labute approximate surface area is 240 Å².